The molecule has 0 aromatic heterocycles. The summed E-state index contributed by atoms with van der Waals surface area (Å²) in [4.78, 5) is 0. The van der Waals surface area contributed by atoms with Crippen LogP contribution in [0.3, 0.4) is 0 Å². The fraction of sp³-hybridized carbons (Fsp3) is 0.857. The zero-order valence-corrected chi connectivity index (χ0v) is 7.84. The predicted molar refractivity (Wildman–Crippen MR) is 44.3 cm³/mol. The van der Waals surface area contributed by atoms with Gasteiger partial charge in [0.25, 0.3) is 0 Å². The maximum absolute atomic E-state index is 5.45. The summed E-state index contributed by atoms with van der Waals surface area (Å²) < 4.78 is 5.45. The Morgan fingerprint density at radius 3 is 2.22 bits per heavy atom. The highest BCUT2D eigenvalue weighted by Gasteiger charge is 2.10. The maximum atomic E-state index is 5.45. The van der Waals surface area contributed by atoms with Gasteiger partial charge in [-0.25, -0.2) is 0 Å². The summed E-state index contributed by atoms with van der Waals surface area (Å²) in [5.41, 5.74) is 0.495. The van der Waals surface area contributed by atoms with Crippen LogP contribution in [-0.4, -0.2) is 21.1 Å². The van der Waals surface area contributed by atoms with Gasteiger partial charge in [-0.2, -0.15) is 0 Å². The van der Waals surface area contributed by atoms with E-state index < -0.39 is 8.80 Å². The fourth-order valence-corrected chi connectivity index (χ4v) is 2.07. The van der Waals surface area contributed by atoms with Crippen LogP contribution in [0.5, 0.6) is 0 Å². The summed E-state index contributed by atoms with van der Waals surface area (Å²) >= 11 is 0. The van der Waals surface area contributed by atoms with E-state index in [9.17, 15) is 0 Å². The highest BCUT2D eigenvalue weighted by Crippen LogP contribution is 2.01. The minimum Gasteiger partial charge on any atom is -0.382 e. The lowest BCUT2D eigenvalue weighted by atomic mass is 10.5. The molecule has 0 N–H and O–H groups in total. The summed E-state index contributed by atoms with van der Waals surface area (Å²) in [6.45, 7) is 11.3. The maximum Gasteiger partial charge on any atom is 0.0656 e. The summed E-state index contributed by atoms with van der Waals surface area (Å²) in [5.74, 6) is 0. The molecule has 0 bridgehead atoms. The lowest BCUT2D eigenvalue weighted by molar-refractivity contribution is 0.116. The molecule has 0 saturated carbocycles. The Kier molecular flexibility index (Phi) is 5.10. The summed E-state index contributed by atoms with van der Waals surface area (Å²) in [6, 6.07) is 0. The van der Waals surface area contributed by atoms with E-state index in [4.69, 9.17) is 4.74 Å². The highest BCUT2D eigenvalue weighted by molar-refractivity contribution is 6.57. The smallest absolute Gasteiger partial charge is 0.0656 e. The Morgan fingerprint density at radius 1 is 1.56 bits per heavy atom. The van der Waals surface area contributed by atoms with E-state index in [2.05, 4.69) is 20.0 Å². The molecule has 0 fully saturated rings. The molecule has 1 unspecified atom stereocenters. The molecular formula is C7H17OSi. The normalized spacial score (nSPS) is 14.3. The van der Waals surface area contributed by atoms with Crippen molar-refractivity contribution in [3.8, 4) is 0 Å². The number of ether oxygens (including phenoxy) is 1. The molecule has 0 aliphatic rings. The Hall–Kier alpha value is 0.177. The second-order valence-corrected chi connectivity index (χ2v) is 5.76. The van der Waals surface area contributed by atoms with Crippen LogP contribution < -0.4 is 0 Å². The molecule has 55 valence electrons. The molecule has 0 aliphatic carbocycles. The van der Waals surface area contributed by atoms with E-state index in [0.29, 0.717) is 5.73 Å². The van der Waals surface area contributed by atoms with Crippen molar-refractivity contribution in [1.82, 2.24) is 0 Å². The average Bonchev–Trinajstić information content (AvgIpc) is 1.82. The van der Waals surface area contributed by atoms with E-state index in [0.717, 1.165) is 13.0 Å². The van der Waals surface area contributed by atoms with Gasteiger partial charge >= 0.3 is 0 Å². The van der Waals surface area contributed by atoms with Crippen LogP contribution in [0.15, 0.2) is 0 Å². The van der Waals surface area contributed by atoms with E-state index in [1.807, 2.05) is 6.92 Å². The van der Waals surface area contributed by atoms with Crippen molar-refractivity contribution in [3.05, 3.63) is 6.92 Å². The molecule has 1 atom stereocenters. The molecule has 0 aliphatic heterocycles. The van der Waals surface area contributed by atoms with Gasteiger partial charge in [-0.15, -0.1) is 0 Å². The summed E-state index contributed by atoms with van der Waals surface area (Å²) in [7, 11) is -0.588. The third-order valence-corrected chi connectivity index (χ3v) is 3.42. The van der Waals surface area contributed by atoms with Gasteiger partial charge in [-0.3, -0.25) is 0 Å². The monoisotopic (exact) mass is 145 g/mol. The first-order valence-corrected chi connectivity index (χ1v) is 6.60. The molecular weight excluding hydrogens is 128 g/mol. The van der Waals surface area contributed by atoms with Crippen LogP contribution >= 0.6 is 0 Å². The number of hydrogen-bond acceptors (Lipinski definition) is 1. The van der Waals surface area contributed by atoms with E-state index in [1.54, 1.807) is 0 Å². The van der Waals surface area contributed by atoms with Gasteiger partial charge < -0.3 is 4.74 Å². The van der Waals surface area contributed by atoms with Crippen LogP contribution in [0.2, 0.25) is 13.1 Å². The second-order valence-electron chi connectivity index (χ2n) is 2.53. The third-order valence-electron chi connectivity index (χ3n) is 1.41. The molecule has 9 heavy (non-hydrogen) atoms. The first-order valence-electron chi connectivity index (χ1n) is 3.63. The van der Waals surface area contributed by atoms with E-state index in [1.165, 1.54) is 0 Å². The van der Waals surface area contributed by atoms with Crippen LogP contribution in [0.25, 0.3) is 0 Å². The topological polar surface area (TPSA) is 9.23 Å². The van der Waals surface area contributed by atoms with Crippen molar-refractivity contribution >= 4 is 8.80 Å². The third kappa shape index (κ3) is 3.70. The predicted octanol–water partition coefficient (Wildman–Crippen LogP) is 1.64. The van der Waals surface area contributed by atoms with Crippen LogP contribution in [0.1, 0.15) is 13.3 Å². The van der Waals surface area contributed by atoms with Gasteiger partial charge in [0.15, 0.2) is 0 Å². The van der Waals surface area contributed by atoms with Crippen LogP contribution in [-0.2, 0) is 4.74 Å². The van der Waals surface area contributed by atoms with Crippen molar-refractivity contribution in [3.63, 3.8) is 0 Å². The fourth-order valence-electron chi connectivity index (χ4n) is 0.823. The standard InChI is InChI=1S/C7H17OSi/c1-5-7(8-6-2)9(3)4/h7,9H,1,5-6H2,2-4H3. The van der Waals surface area contributed by atoms with Crippen molar-refractivity contribution in [2.45, 2.75) is 32.2 Å². The van der Waals surface area contributed by atoms with Gasteiger partial charge in [0.2, 0.25) is 0 Å². The van der Waals surface area contributed by atoms with Crippen molar-refractivity contribution in [2.24, 2.45) is 0 Å². The molecule has 0 saturated heterocycles. The van der Waals surface area contributed by atoms with Gasteiger partial charge in [0, 0.05) is 12.3 Å². The van der Waals surface area contributed by atoms with Crippen molar-refractivity contribution < 1.29 is 4.74 Å². The van der Waals surface area contributed by atoms with Gasteiger partial charge in [-0.05, 0) is 13.3 Å². The molecule has 1 nitrogen and oxygen atoms in total. The molecule has 2 heteroatoms. The lowest BCUT2D eigenvalue weighted by Crippen LogP contribution is -2.26. The highest BCUT2D eigenvalue weighted by atomic mass is 28.3. The Labute approximate surface area is 60.0 Å². The summed E-state index contributed by atoms with van der Waals surface area (Å²) in [6.07, 6.45) is 0.942. The average molecular weight is 145 g/mol. The minimum absolute atomic E-state index is 0.495. The quantitative estimate of drug-likeness (QED) is 0.546. The Morgan fingerprint density at radius 2 is 2.11 bits per heavy atom. The molecule has 0 aromatic rings. The molecule has 0 heterocycles. The SMILES string of the molecule is [CH2]CC(OCC)[SiH](C)C. The molecule has 0 aromatic carbocycles. The Bertz CT molecular complexity index is 63.9. The van der Waals surface area contributed by atoms with Crippen LogP contribution in [0.4, 0.5) is 0 Å². The zero-order valence-electron chi connectivity index (χ0n) is 6.68. The number of hydrogen-bond donors (Lipinski definition) is 0. The second kappa shape index (κ2) is 5.00. The first kappa shape index (κ1) is 9.18. The number of rotatable bonds is 4. The van der Waals surface area contributed by atoms with Crippen molar-refractivity contribution in [2.75, 3.05) is 6.61 Å². The lowest BCUT2D eigenvalue weighted by Gasteiger charge is -2.17. The van der Waals surface area contributed by atoms with E-state index >= 15 is 0 Å². The van der Waals surface area contributed by atoms with Gasteiger partial charge in [-0.1, -0.05) is 20.0 Å². The molecule has 0 rings (SSSR count). The molecule has 0 spiro atoms. The molecule has 0 amide bonds. The van der Waals surface area contributed by atoms with Crippen molar-refractivity contribution in [1.29, 1.82) is 0 Å². The Balaban J connectivity index is 3.41. The van der Waals surface area contributed by atoms with Crippen LogP contribution in [0, 0.1) is 6.92 Å². The largest absolute Gasteiger partial charge is 0.382 e. The zero-order chi connectivity index (χ0) is 7.28. The minimum atomic E-state index is -0.588. The summed E-state index contributed by atoms with van der Waals surface area (Å²) in [5, 5.41) is 0. The molecule has 1 radical (unpaired) electrons. The first-order chi connectivity index (χ1) is 4.22. The van der Waals surface area contributed by atoms with Gasteiger partial charge in [0.05, 0.1) is 8.80 Å². The van der Waals surface area contributed by atoms with Gasteiger partial charge in [0.1, 0.15) is 0 Å². The van der Waals surface area contributed by atoms with E-state index in [-0.39, 0.29) is 0 Å².